The van der Waals surface area contributed by atoms with E-state index in [4.69, 9.17) is 21.4 Å². The predicted molar refractivity (Wildman–Crippen MR) is 85.4 cm³/mol. The molecule has 1 saturated heterocycles. The van der Waals surface area contributed by atoms with Crippen LogP contribution in [0.4, 0.5) is 0 Å². The van der Waals surface area contributed by atoms with Crippen LogP contribution in [0.2, 0.25) is 5.02 Å². The number of carboxylic acid groups (broad SMARTS) is 1. The average Bonchev–Trinajstić information content (AvgIpc) is 2.93. The molecule has 1 aliphatic heterocycles. The molecule has 0 unspecified atom stereocenters. The summed E-state index contributed by atoms with van der Waals surface area (Å²) in [6.07, 6.45) is 5.03. The Hall–Kier alpha value is -2.01. The number of aliphatic carboxylic acids is 1. The Bertz CT molecular complexity index is 628. The third-order valence-electron chi connectivity index (χ3n) is 4.40. The van der Waals surface area contributed by atoms with Crippen molar-refractivity contribution in [2.24, 2.45) is 11.8 Å². The molecule has 1 aromatic carbocycles. The third kappa shape index (κ3) is 3.34. The van der Waals surface area contributed by atoms with Gasteiger partial charge in [-0.3, -0.25) is 9.59 Å². The number of rotatable bonds is 5. The molecule has 6 heteroatoms. The molecule has 0 aromatic heterocycles. The first-order valence-electron chi connectivity index (χ1n) is 7.66. The monoisotopic (exact) mass is 335 g/mol. The minimum atomic E-state index is -0.945. The zero-order valence-electron chi connectivity index (χ0n) is 12.5. The van der Waals surface area contributed by atoms with Gasteiger partial charge in [0.2, 0.25) is 5.91 Å². The fourth-order valence-electron chi connectivity index (χ4n) is 3.02. The fourth-order valence-corrected chi connectivity index (χ4v) is 3.14. The lowest BCUT2D eigenvalue weighted by Crippen LogP contribution is -2.46. The zero-order chi connectivity index (χ0) is 16.4. The van der Waals surface area contributed by atoms with Crippen LogP contribution in [0.5, 0.6) is 5.75 Å². The van der Waals surface area contributed by atoms with E-state index in [1.807, 2.05) is 0 Å². The van der Waals surface area contributed by atoms with Gasteiger partial charge >= 0.3 is 5.97 Å². The number of benzene rings is 1. The number of nitrogens with zero attached hydrogens (tertiary/aromatic N) is 1. The highest BCUT2D eigenvalue weighted by atomic mass is 35.5. The van der Waals surface area contributed by atoms with E-state index < -0.39 is 17.8 Å². The van der Waals surface area contributed by atoms with Crippen LogP contribution in [-0.4, -0.2) is 41.1 Å². The maximum Gasteiger partial charge on any atom is 0.311 e. The summed E-state index contributed by atoms with van der Waals surface area (Å²) < 4.78 is 5.74. The van der Waals surface area contributed by atoms with Crippen LogP contribution in [-0.2, 0) is 9.59 Å². The quantitative estimate of drug-likeness (QED) is 0.840. The Morgan fingerprint density at radius 3 is 2.52 bits per heavy atom. The number of hydrogen-bond donors (Lipinski definition) is 1. The first-order valence-corrected chi connectivity index (χ1v) is 8.04. The normalized spacial score (nSPS) is 26.0. The molecule has 1 aliphatic carbocycles. The number of ether oxygens (including phenoxy) is 1. The Morgan fingerprint density at radius 2 is 1.91 bits per heavy atom. The lowest BCUT2D eigenvalue weighted by Gasteiger charge is -2.32. The Morgan fingerprint density at radius 1 is 1.22 bits per heavy atom. The van der Waals surface area contributed by atoms with Gasteiger partial charge in [-0.1, -0.05) is 23.8 Å². The largest absolute Gasteiger partial charge is 0.491 e. The summed E-state index contributed by atoms with van der Waals surface area (Å²) in [5, 5.41) is 9.72. The molecule has 0 saturated carbocycles. The van der Waals surface area contributed by atoms with Gasteiger partial charge in [-0.15, -0.1) is 0 Å². The van der Waals surface area contributed by atoms with Crippen molar-refractivity contribution < 1.29 is 19.4 Å². The minimum absolute atomic E-state index is 0.0124. The highest BCUT2D eigenvalue weighted by Gasteiger charge is 2.41. The van der Waals surface area contributed by atoms with Gasteiger partial charge in [0.05, 0.1) is 17.9 Å². The summed E-state index contributed by atoms with van der Waals surface area (Å²) in [7, 11) is 0. The number of halogens is 1. The molecule has 2 aliphatic rings. The average molecular weight is 336 g/mol. The molecule has 0 radical (unpaired) electrons. The number of likely N-dealkylation sites (tertiary alicyclic amines) is 1. The summed E-state index contributed by atoms with van der Waals surface area (Å²) >= 11 is 5.84. The van der Waals surface area contributed by atoms with E-state index in [-0.39, 0.29) is 11.9 Å². The molecule has 1 N–H and O–H groups in total. The maximum absolute atomic E-state index is 12.5. The molecule has 0 bridgehead atoms. The third-order valence-corrected chi connectivity index (χ3v) is 4.65. The molecule has 3 atom stereocenters. The van der Waals surface area contributed by atoms with Crippen LogP contribution in [0.15, 0.2) is 36.4 Å². The van der Waals surface area contributed by atoms with E-state index in [1.165, 1.54) is 0 Å². The van der Waals surface area contributed by atoms with Crippen LogP contribution in [0.1, 0.15) is 12.8 Å². The number of carbonyl (C=O) groups excluding carboxylic acids is 1. The van der Waals surface area contributed by atoms with Gasteiger partial charge in [-0.25, -0.2) is 0 Å². The number of amides is 1. The van der Waals surface area contributed by atoms with E-state index in [2.05, 4.69) is 0 Å². The molecule has 1 fully saturated rings. The van der Waals surface area contributed by atoms with Gasteiger partial charge in [0, 0.05) is 11.6 Å². The molecule has 5 nitrogen and oxygen atoms in total. The first kappa shape index (κ1) is 15.9. The van der Waals surface area contributed by atoms with Crippen molar-refractivity contribution in [3.8, 4) is 5.75 Å². The smallest absolute Gasteiger partial charge is 0.311 e. The predicted octanol–water partition coefficient (Wildman–Crippen LogP) is 2.60. The summed E-state index contributed by atoms with van der Waals surface area (Å²) in [5.41, 5.74) is 0. The van der Waals surface area contributed by atoms with Gasteiger partial charge in [0.25, 0.3) is 0 Å². The molecular weight excluding hydrogens is 318 g/mol. The second-order valence-electron chi connectivity index (χ2n) is 5.87. The highest BCUT2D eigenvalue weighted by Crippen LogP contribution is 2.31. The minimum Gasteiger partial charge on any atom is -0.491 e. The van der Waals surface area contributed by atoms with Gasteiger partial charge in [-0.2, -0.15) is 0 Å². The molecule has 122 valence electrons. The summed E-state index contributed by atoms with van der Waals surface area (Å²) in [6.45, 7) is 1.06. The zero-order valence-corrected chi connectivity index (χ0v) is 13.3. The van der Waals surface area contributed by atoms with Crippen LogP contribution >= 0.6 is 11.6 Å². The van der Waals surface area contributed by atoms with E-state index in [1.54, 1.807) is 41.3 Å². The summed E-state index contributed by atoms with van der Waals surface area (Å²) in [4.78, 5) is 25.4. The molecule has 1 amide bonds. The number of carboxylic acids is 1. The Kier molecular flexibility index (Phi) is 4.57. The molecule has 1 heterocycles. The van der Waals surface area contributed by atoms with Gasteiger partial charge in [-0.05, 0) is 37.1 Å². The second-order valence-corrected chi connectivity index (χ2v) is 6.30. The lowest BCUT2D eigenvalue weighted by molar-refractivity contribution is -0.148. The number of hydrogen-bond acceptors (Lipinski definition) is 3. The van der Waals surface area contributed by atoms with E-state index >= 15 is 0 Å². The van der Waals surface area contributed by atoms with Crippen LogP contribution < -0.4 is 4.74 Å². The molecule has 1 aromatic rings. The topological polar surface area (TPSA) is 66.8 Å². The summed E-state index contributed by atoms with van der Waals surface area (Å²) in [5.74, 6) is -1.58. The van der Waals surface area contributed by atoms with Crippen molar-refractivity contribution in [2.75, 3.05) is 13.2 Å². The van der Waals surface area contributed by atoms with Gasteiger partial charge in [0.1, 0.15) is 12.4 Å². The number of carbonyl (C=O) groups is 2. The van der Waals surface area contributed by atoms with Crippen LogP contribution in [0.3, 0.4) is 0 Å². The van der Waals surface area contributed by atoms with Gasteiger partial charge < -0.3 is 14.7 Å². The van der Waals surface area contributed by atoms with Crippen LogP contribution in [0.25, 0.3) is 0 Å². The fraction of sp³-hybridized carbons (Fsp3) is 0.412. The molecular formula is C17H18ClNO4. The van der Waals surface area contributed by atoms with E-state index in [0.29, 0.717) is 23.9 Å². The van der Waals surface area contributed by atoms with Crippen molar-refractivity contribution in [2.45, 2.75) is 18.9 Å². The summed E-state index contributed by atoms with van der Waals surface area (Å²) in [6, 6.07) is 7.08. The van der Waals surface area contributed by atoms with Crippen LogP contribution in [0, 0.1) is 11.8 Å². The SMILES string of the molecule is O=C(O)[C@@H]1C=C[C@@H]1C(=O)N1CCC[C@H]1COc1ccc(Cl)cc1. The van der Waals surface area contributed by atoms with Crippen molar-refractivity contribution in [1.29, 1.82) is 0 Å². The van der Waals surface area contributed by atoms with Crippen molar-refractivity contribution in [3.63, 3.8) is 0 Å². The Balaban J connectivity index is 1.59. The van der Waals surface area contributed by atoms with Crippen molar-refractivity contribution in [3.05, 3.63) is 41.4 Å². The molecule has 23 heavy (non-hydrogen) atoms. The standard InChI is InChI=1S/C17H18ClNO4/c18-11-3-5-13(6-4-11)23-10-12-2-1-9-19(12)16(20)14-7-8-15(14)17(21)22/h3-8,12,14-15H,1-2,9-10H2,(H,21,22)/t12-,14-,15+/m0/s1. The molecule has 3 rings (SSSR count). The lowest BCUT2D eigenvalue weighted by atomic mass is 9.81. The van der Waals surface area contributed by atoms with E-state index in [9.17, 15) is 9.59 Å². The molecule has 0 spiro atoms. The van der Waals surface area contributed by atoms with Crippen molar-refractivity contribution >= 4 is 23.5 Å². The maximum atomic E-state index is 12.5. The van der Waals surface area contributed by atoms with E-state index in [0.717, 1.165) is 12.8 Å². The van der Waals surface area contributed by atoms with Gasteiger partial charge in [0.15, 0.2) is 0 Å². The first-order chi connectivity index (χ1) is 11.1. The Labute approximate surface area is 139 Å². The highest BCUT2D eigenvalue weighted by molar-refractivity contribution is 6.30. The van der Waals surface area contributed by atoms with Crippen molar-refractivity contribution in [1.82, 2.24) is 4.90 Å². The second kappa shape index (κ2) is 6.62.